The van der Waals surface area contributed by atoms with Gasteiger partial charge in [0.1, 0.15) is 0 Å². The number of nitrogens with zero attached hydrogens (tertiary/aromatic N) is 4. The molecule has 0 bridgehead atoms. The van der Waals surface area contributed by atoms with E-state index in [-0.39, 0.29) is 12.1 Å². The van der Waals surface area contributed by atoms with Gasteiger partial charge in [0.15, 0.2) is 0 Å². The zero-order valence-electron chi connectivity index (χ0n) is 14.9. The van der Waals surface area contributed by atoms with Crippen molar-refractivity contribution in [3.05, 3.63) is 52.3 Å². The summed E-state index contributed by atoms with van der Waals surface area (Å²) in [6.07, 6.45) is 4.69. The molecule has 134 valence electrons. The van der Waals surface area contributed by atoms with Gasteiger partial charge in [-0.3, -0.25) is 4.68 Å². The first-order valence-electron chi connectivity index (χ1n) is 8.39. The van der Waals surface area contributed by atoms with Crippen LogP contribution in [0.15, 0.2) is 30.6 Å². The molecule has 1 aromatic carbocycles. The summed E-state index contributed by atoms with van der Waals surface area (Å²) < 4.78 is 1.78. The fraction of sp³-hybridized carbons (Fsp3) is 0.444. The van der Waals surface area contributed by atoms with Crippen LogP contribution in [0.4, 0.5) is 4.79 Å². The largest absolute Gasteiger partial charge is 0.336 e. The molecule has 0 saturated carbocycles. The van der Waals surface area contributed by atoms with Crippen LogP contribution in [0.5, 0.6) is 0 Å². The van der Waals surface area contributed by atoms with Crippen molar-refractivity contribution in [2.45, 2.75) is 19.0 Å². The Balaban J connectivity index is 1.62. The predicted octanol–water partition coefficient (Wildman–Crippen LogP) is 2.44. The Morgan fingerprint density at radius 3 is 2.88 bits per heavy atom. The highest BCUT2D eigenvalue weighted by molar-refractivity contribution is 6.30. The molecule has 1 N–H and O–H groups in total. The van der Waals surface area contributed by atoms with Crippen molar-refractivity contribution >= 4 is 17.6 Å². The summed E-state index contributed by atoms with van der Waals surface area (Å²) in [6, 6.07) is 5.96. The number of aryl methyl sites for hydroxylation is 1. The van der Waals surface area contributed by atoms with E-state index in [1.165, 1.54) is 5.56 Å². The van der Waals surface area contributed by atoms with Crippen molar-refractivity contribution in [1.82, 2.24) is 24.9 Å². The SMILES string of the molecule is CN(C)C(CNC(=O)N1CCc2ccc(Cl)cc2C1)c1cnn(C)c1. The molecule has 0 aliphatic carbocycles. The number of hydrogen-bond acceptors (Lipinski definition) is 3. The highest BCUT2D eigenvalue weighted by Crippen LogP contribution is 2.23. The topological polar surface area (TPSA) is 53.4 Å². The molecule has 25 heavy (non-hydrogen) atoms. The van der Waals surface area contributed by atoms with Crippen LogP contribution in [0.25, 0.3) is 0 Å². The minimum Gasteiger partial charge on any atom is -0.336 e. The van der Waals surface area contributed by atoms with Crippen LogP contribution in [0, 0.1) is 0 Å². The van der Waals surface area contributed by atoms with Gasteiger partial charge >= 0.3 is 6.03 Å². The number of hydrogen-bond donors (Lipinski definition) is 1. The zero-order valence-corrected chi connectivity index (χ0v) is 15.6. The number of urea groups is 1. The third kappa shape index (κ3) is 4.14. The second kappa shape index (κ2) is 7.45. The number of carbonyl (C=O) groups excluding carboxylic acids is 1. The average Bonchev–Trinajstić information content (AvgIpc) is 3.00. The summed E-state index contributed by atoms with van der Waals surface area (Å²) >= 11 is 6.08. The summed E-state index contributed by atoms with van der Waals surface area (Å²) in [5, 5.41) is 8.00. The summed E-state index contributed by atoms with van der Waals surface area (Å²) in [6.45, 7) is 1.86. The van der Waals surface area contributed by atoms with Gasteiger partial charge in [0, 0.05) is 43.5 Å². The molecule has 2 amide bonds. The summed E-state index contributed by atoms with van der Waals surface area (Å²) in [7, 11) is 5.90. The molecule has 1 atom stereocenters. The third-order valence-electron chi connectivity index (χ3n) is 4.65. The number of benzene rings is 1. The van der Waals surface area contributed by atoms with Crippen molar-refractivity contribution in [1.29, 1.82) is 0 Å². The van der Waals surface area contributed by atoms with Crippen LogP contribution in [-0.2, 0) is 20.0 Å². The summed E-state index contributed by atoms with van der Waals surface area (Å²) in [5.74, 6) is 0. The van der Waals surface area contributed by atoms with E-state index in [4.69, 9.17) is 11.6 Å². The van der Waals surface area contributed by atoms with Crippen molar-refractivity contribution in [3.8, 4) is 0 Å². The molecule has 3 rings (SSSR count). The number of likely N-dealkylation sites (N-methyl/N-ethyl adjacent to an activating group) is 1. The number of rotatable bonds is 4. The molecule has 1 aliphatic rings. The van der Waals surface area contributed by atoms with E-state index in [0.29, 0.717) is 18.1 Å². The molecule has 1 aliphatic heterocycles. The Bertz CT molecular complexity index is 758. The second-order valence-electron chi connectivity index (χ2n) is 6.70. The van der Waals surface area contributed by atoms with Crippen LogP contribution < -0.4 is 5.32 Å². The van der Waals surface area contributed by atoms with Gasteiger partial charge in [0.05, 0.1) is 12.2 Å². The lowest BCUT2D eigenvalue weighted by atomic mass is 10.0. The second-order valence-corrected chi connectivity index (χ2v) is 7.13. The average molecular weight is 362 g/mol. The highest BCUT2D eigenvalue weighted by atomic mass is 35.5. The van der Waals surface area contributed by atoms with E-state index in [2.05, 4.69) is 21.4 Å². The molecule has 1 unspecified atom stereocenters. The molecular weight excluding hydrogens is 338 g/mol. The van der Waals surface area contributed by atoms with Gasteiger partial charge in [-0.15, -0.1) is 0 Å². The highest BCUT2D eigenvalue weighted by Gasteiger charge is 2.23. The Morgan fingerprint density at radius 1 is 1.40 bits per heavy atom. The van der Waals surface area contributed by atoms with Gasteiger partial charge in [-0.1, -0.05) is 17.7 Å². The predicted molar refractivity (Wildman–Crippen MR) is 98.6 cm³/mol. The van der Waals surface area contributed by atoms with Crippen LogP contribution in [0.2, 0.25) is 5.02 Å². The minimum absolute atomic E-state index is 0.0404. The molecule has 0 saturated heterocycles. The normalized spacial score (nSPS) is 15.2. The zero-order chi connectivity index (χ0) is 18.0. The van der Waals surface area contributed by atoms with Gasteiger partial charge in [-0.2, -0.15) is 5.10 Å². The number of aromatic nitrogens is 2. The van der Waals surface area contributed by atoms with Gasteiger partial charge in [-0.05, 0) is 43.8 Å². The molecule has 0 fully saturated rings. The van der Waals surface area contributed by atoms with Crippen molar-refractivity contribution in [3.63, 3.8) is 0 Å². The van der Waals surface area contributed by atoms with Crippen molar-refractivity contribution < 1.29 is 4.79 Å². The van der Waals surface area contributed by atoms with Crippen LogP contribution >= 0.6 is 11.6 Å². The summed E-state index contributed by atoms with van der Waals surface area (Å²) in [4.78, 5) is 16.5. The number of fused-ring (bicyclic) bond motifs is 1. The van der Waals surface area contributed by atoms with Gasteiger partial charge in [0.2, 0.25) is 0 Å². The van der Waals surface area contributed by atoms with Gasteiger partial charge in [0.25, 0.3) is 0 Å². The standard InChI is InChI=1S/C18H24ClN5O/c1-22(2)17(15-9-21-23(3)11-15)10-20-18(25)24-7-6-13-4-5-16(19)8-14(13)12-24/h4-5,8-9,11,17H,6-7,10,12H2,1-3H3,(H,20,25). The molecule has 2 heterocycles. The van der Waals surface area contributed by atoms with Crippen LogP contribution in [0.1, 0.15) is 22.7 Å². The maximum atomic E-state index is 12.6. The molecule has 1 aromatic heterocycles. The van der Waals surface area contributed by atoms with Gasteiger partial charge < -0.3 is 15.1 Å². The fourth-order valence-electron chi connectivity index (χ4n) is 3.21. The monoisotopic (exact) mass is 361 g/mol. The van der Waals surface area contributed by atoms with Crippen molar-refractivity contribution in [2.75, 3.05) is 27.2 Å². The first kappa shape index (κ1) is 17.8. The van der Waals surface area contributed by atoms with E-state index < -0.39 is 0 Å². The molecule has 2 aromatic rings. The van der Waals surface area contributed by atoms with E-state index >= 15 is 0 Å². The molecule has 6 nitrogen and oxygen atoms in total. The van der Waals surface area contributed by atoms with E-state index in [0.717, 1.165) is 24.1 Å². The fourth-order valence-corrected chi connectivity index (χ4v) is 3.40. The quantitative estimate of drug-likeness (QED) is 0.910. The third-order valence-corrected chi connectivity index (χ3v) is 4.88. The lowest BCUT2D eigenvalue weighted by Crippen LogP contribution is -2.45. The van der Waals surface area contributed by atoms with Crippen LogP contribution in [0.3, 0.4) is 0 Å². The Kier molecular flexibility index (Phi) is 5.30. The maximum Gasteiger partial charge on any atom is 0.317 e. The van der Waals surface area contributed by atoms with Crippen LogP contribution in [-0.4, -0.2) is 52.8 Å². The Morgan fingerprint density at radius 2 is 2.20 bits per heavy atom. The minimum atomic E-state index is -0.0404. The lowest BCUT2D eigenvalue weighted by Gasteiger charge is -2.30. The number of halogens is 1. The number of amides is 2. The van der Waals surface area contributed by atoms with E-state index in [1.54, 1.807) is 4.68 Å². The van der Waals surface area contributed by atoms with E-state index in [9.17, 15) is 4.79 Å². The Labute approximate surface area is 153 Å². The first-order chi connectivity index (χ1) is 11.9. The molecule has 7 heteroatoms. The number of carbonyl (C=O) groups is 1. The van der Waals surface area contributed by atoms with Crippen molar-refractivity contribution in [2.24, 2.45) is 7.05 Å². The van der Waals surface area contributed by atoms with Gasteiger partial charge in [-0.25, -0.2) is 4.79 Å². The molecule has 0 spiro atoms. The smallest absolute Gasteiger partial charge is 0.317 e. The van der Waals surface area contributed by atoms with E-state index in [1.807, 2.05) is 50.6 Å². The molecule has 0 radical (unpaired) electrons. The number of nitrogens with one attached hydrogen (secondary N) is 1. The maximum absolute atomic E-state index is 12.6. The molecular formula is C18H24ClN5O. The summed E-state index contributed by atoms with van der Waals surface area (Å²) in [5.41, 5.74) is 3.49. The lowest BCUT2D eigenvalue weighted by molar-refractivity contribution is 0.187. The Hall–Kier alpha value is -2.05. The first-order valence-corrected chi connectivity index (χ1v) is 8.77.